The van der Waals surface area contributed by atoms with Crippen molar-refractivity contribution in [2.24, 2.45) is 0 Å². The van der Waals surface area contributed by atoms with Crippen LogP contribution in [0.2, 0.25) is 5.02 Å². The Morgan fingerprint density at radius 1 is 0.828 bits per heavy atom. The third kappa shape index (κ3) is 2.88. The lowest BCUT2D eigenvalue weighted by Gasteiger charge is -2.13. The molecule has 142 valence electrons. The third-order valence-electron chi connectivity index (χ3n) is 4.76. The number of benzene rings is 3. The molecule has 0 aliphatic rings. The van der Waals surface area contributed by atoms with Gasteiger partial charge in [0.15, 0.2) is 0 Å². The molecule has 7 heteroatoms. The fourth-order valence-corrected chi connectivity index (χ4v) is 4.96. The largest absolute Gasteiger partial charge is 0.275 e. The molecule has 0 unspecified atom stereocenters. The lowest BCUT2D eigenvalue weighted by molar-refractivity contribution is 0.595. The molecule has 29 heavy (non-hydrogen) atoms. The molecular weight excluding hydrogens is 406 g/mol. The molecule has 0 aliphatic carbocycles. The Morgan fingerprint density at radius 3 is 2.28 bits per heavy atom. The second-order valence-corrected chi connectivity index (χ2v) is 8.88. The Bertz CT molecular complexity index is 1460. The molecule has 5 nitrogen and oxygen atoms in total. The average Bonchev–Trinajstić information content (AvgIpc) is 3.13. The second-order valence-electron chi connectivity index (χ2n) is 6.53. The first kappa shape index (κ1) is 17.8. The molecule has 0 radical (unpaired) electrons. The fraction of sp³-hybridized carbons (Fsp3) is 0. The molecule has 0 N–H and O–H groups in total. The smallest absolute Gasteiger partial charge is 0.235 e. The van der Waals surface area contributed by atoms with Crippen molar-refractivity contribution in [3.8, 4) is 11.3 Å². The van der Waals surface area contributed by atoms with Gasteiger partial charge < -0.3 is 0 Å². The minimum atomic E-state index is -3.81. The van der Waals surface area contributed by atoms with Crippen LogP contribution < -0.4 is 0 Å². The fourth-order valence-electron chi connectivity index (χ4n) is 3.41. The van der Waals surface area contributed by atoms with Crippen molar-refractivity contribution in [2.45, 2.75) is 9.79 Å². The summed E-state index contributed by atoms with van der Waals surface area (Å²) in [6.45, 7) is 0. The van der Waals surface area contributed by atoms with E-state index in [1.807, 2.05) is 24.3 Å². The minimum Gasteiger partial charge on any atom is -0.275 e. The molecule has 0 atom stereocenters. The minimum absolute atomic E-state index is 0.113. The summed E-state index contributed by atoms with van der Waals surface area (Å²) >= 11 is 6.07. The van der Waals surface area contributed by atoms with E-state index in [-0.39, 0.29) is 9.79 Å². The Balaban J connectivity index is 1.93. The number of halogens is 1. The molecule has 5 aromatic rings. The molecule has 2 heterocycles. The molecule has 0 fully saturated rings. The molecule has 0 spiro atoms. The van der Waals surface area contributed by atoms with E-state index in [1.54, 1.807) is 59.0 Å². The molecule has 0 bridgehead atoms. The second kappa shape index (κ2) is 6.69. The van der Waals surface area contributed by atoms with Gasteiger partial charge in [0.1, 0.15) is 4.90 Å². The zero-order chi connectivity index (χ0) is 20.0. The highest BCUT2D eigenvalue weighted by atomic mass is 35.5. The molecular formula is C22H14ClN3O2S. The molecule has 0 amide bonds. The van der Waals surface area contributed by atoms with Gasteiger partial charge in [-0.3, -0.25) is 4.40 Å². The SMILES string of the molecule is O=S(=O)(c1ccccc1)c1cnc2nc3ccccc3n2c1-c1ccc(Cl)cc1. The van der Waals surface area contributed by atoms with Crippen LogP contribution in [0.4, 0.5) is 0 Å². The van der Waals surface area contributed by atoms with Crippen molar-refractivity contribution in [1.82, 2.24) is 14.4 Å². The lowest BCUT2D eigenvalue weighted by Crippen LogP contribution is -2.08. The van der Waals surface area contributed by atoms with Gasteiger partial charge in [-0.25, -0.2) is 18.4 Å². The van der Waals surface area contributed by atoms with Crippen molar-refractivity contribution >= 4 is 38.2 Å². The predicted molar refractivity (Wildman–Crippen MR) is 113 cm³/mol. The molecule has 0 saturated carbocycles. The molecule has 3 aromatic carbocycles. The van der Waals surface area contributed by atoms with E-state index in [4.69, 9.17) is 11.6 Å². The van der Waals surface area contributed by atoms with E-state index < -0.39 is 9.84 Å². The molecule has 0 saturated heterocycles. The van der Waals surface area contributed by atoms with Gasteiger partial charge in [-0.05, 0) is 36.4 Å². The van der Waals surface area contributed by atoms with Crippen LogP contribution >= 0.6 is 11.6 Å². The number of aromatic nitrogens is 3. The standard InChI is InChI=1S/C22H14ClN3O2S/c23-16-12-10-15(11-13-16)21-20(29(27,28)17-6-2-1-3-7-17)14-24-22-25-18-8-4-5-9-19(18)26(21)22/h1-14H. The summed E-state index contributed by atoms with van der Waals surface area (Å²) in [6.07, 6.45) is 1.38. The molecule has 5 rings (SSSR count). The summed E-state index contributed by atoms with van der Waals surface area (Å²) < 4.78 is 28.8. The monoisotopic (exact) mass is 419 g/mol. The van der Waals surface area contributed by atoms with Crippen LogP contribution in [-0.2, 0) is 9.84 Å². The van der Waals surface area contributed by atoms with Crippen LogP contribution in [-0.4, -0.2) is 22.8 Å². The van der Waals surface area contributed by atoms with Crippen molar-refractivity contribution in [1.29, 1.82) is 0 Å². The lowest BCUT2D eigenvalue weighted by atomic mass is 10.1. The van der Waals surface area contributed by atoms with Crippen molar-refractivity contribution < 1.29 is 8.42 Å². The number of hydrogen-bond acceptors (Lipinski definition) is 4. The van der Waals surface area contributed by atoms with E-state index in [1.165, 1.54) is 6.20 Å². The normalized spacial score (nSPS) is 11.9. The number of hydrogen-bond donors (Lipinski definition) is 0. The van der Waals surface area contributed by atoms with E-state index >= 15 is 0 Å². The Hall–Kier alpha value is -3.22. The average molecular weight is 420 g/mol. The summed E-state index contributed by atoms with van der Waals surface area (Å²) in [5.41, 5.74) is 2.73. The summed E-state index contributed by atoms with van der Waals surface area (Å²) in [6, 6.07) is 23.0. The Labute approximate surface area is 172 Å². The van der Waals surface area contributed by atoms with Gasteiger partial charge in [0.25, 0.3) is 0 Å². The van der Waals surface area contributed by atoms with Crippen LogP contribution in [0.1, 0.15) is 0 Å². The van der Waals surface area contributed by atoms with Crippen LogP contribution in [0.3, 0.4) is 0 Å². The van der Waals surface area contributed by atoms with Crippen LogP contribution in [0.25, 0.3) is 28.1 Å². The summed E-state index contributed by atoms with van der Waals surface area (Å²) in [5, 5.41) is 0.571. The number of fused-ring (bicyclic) bond motifs is 3. The number of imidazole rings is 1. The van der Waals surface area contributed by atoms with Crippen LogP contribution in [0.15, 0.2) is 94.9 Å². The first-order valence-electron chi connectivity index (χ1n) is 8.88. The molecule has 0 aliphatic heterocycles. The van der Waals surface area contributed by atoms with Gasteiger partial charge in [0.05, 0.1) is 27.8 Å². The highest BCUT2D eigenvalue weighted by Gasteiger charge is 2.26. The third-order valence-corrected chi connectivity index (χ3v) is 6.78. The first-order chi connectivity index (χ1) is 14.1. The zero-order valence-electron chi connectivity index (χ0n) is 15.0. The number of para-hydroxylation sites is 2. The Kier molecular flexibility index (Phi) is 4.12. The maximum Gasteiger partial charge on any atom is 0.235 e. The number of nitrogens with zero attached hydrogens (tertiary/aromatic N) is 3. The maximum atomic E-state index is 13.5. The van der Waals surface area contributed by atoms with Gasteiger partial charge in [-0.1, -0.05) is 54.1 Å². The van der Waals surface area contributed by atoms with Gasteiger partial charge in [0.2, 0.25) is 15.6 Å². The molecule has 2 aromatic heterocycles. The summed E-state index contributed by atoms with van der Waals surface area (Å²) in [4.78, 5) is 9.23. The van der Waals surface area contributed by atoms with Crippen LogP contribution in [0, 0.1) is 0 Å². The summed E-state index contributed by atoms with van der Waals surface area (Å²) in [7, 11) is -3.81. The Morgan fingerprint density at radius 2 is 1.52 bits per heavy atom. The number of rotatable bonds is 3. The van der Waals surface area contributed by atoms with E-state index in [2.05, 4.69) is 9.97 Å². The topological polar surface area (TPSA) is 64.3 Å². The summed E-state index contributed by atoms with van der Waals surface area (Å²) in [5.74, 6) is 0.433. The van der Waals surface area contributed by atoms with Gasteiger partial charge >= 0.3 is 0 Å². The van der Waals surface area contributed by atoms with Gasteiger partial charge in [0, 0.05) is 10.6 Å². The van der Waals surface area contributed by atoms with Crippen molar-refractivity contribution in [2.75, 3.05) is 0 Å². The highest BCUT2D eigenvalue weighted by molar-refractivity contribution is 7.91. The quantitative estimate of drug-likeness (QED) is 0.411. The van der Waals surface area contributed by atoms with Gasteiger partial charge in [-0.2, -0.15) is 0 Å². The predicted octanol–water partition coefficient (Wildman–Crippen LogP) is 5.04. The van der Waals surface area contributed by atoms with E-state index in [0.717, 1.165) is 11.0 Å². The highest BCUT2D eigenvalue weighted by Crippen LogP contribution is 2.34. The van der Waals surface area contributed by atoms with Crippen molar-refractivity contribution in [3.63, 3.8) is 0 Å². The van der Waals surface area contributed by atoms with E-state index in [9.17, 15) is 8.42 Å². The first-order valence-corrected chi connectivity index (χ1v) is 10.7. The number of sulfone groups is 1. The van der Waals surface area contributed by atoms with Crippen molar-refractivity contribution in [3.05, 3.63) is 90.1 Å². The maximum absolute atomic E-state index is 13.5. The van der Waals surface area contributed by atoms with Gasteiger partial charge in [-0.15, -0.1) is 0 Å². The zero-order valence-corrected chi connectivity index (χ0v) is 16.6. The van der Waals surface area contributed by atoms with Crippen LogP contribution in [0.5, 0.6) is 0 Å². The van der Waals surface area contributed by atoms with E-state index in [0.29, 0.717) is 22.1 Å².